The van der Waals surface area contributed by atoms with E-state index in [1.807, 2.05) is 20.8 Å². The third-order valence-corrected chi connectivity index (χ3v) is 2.33. The van der Waals surface area contributed by atoms with Crippen molar-refractivity contribution in [3.63, 3.8) is 0 Å². The molecule has 0 aromatic heterocycles. The topological polar surface area (TPSA) is 20.2 Å². The van der Waals surface area contributed by atoms with Crippen LogP contribution in [0.5, 0.6) is 0 Å². The van der Waals surface area contributed by atoms with E-state index in [2.05, 4.69) is 0 Å². The van der Waals surface area contributed by atoms with Gasteiger partial charge in [-0.15, -0.1) is 0 Å². The summed E-state index contributed by atoms with van der Waals surface area (Å²) in [5.41, 5.74) is 0.617. The highest BCUT2D eigenvalue weighted by atomic mass is 19.2. The molecule has 88 valence electrons. The molecule has 0 aliphatic heterocycles. The van der Waals surface area contributed by atoms with Crippen LogP contribution in [0.25, 0.3) is 0 Å². The van der Waals surface area contributed by atoms with Gasteiger partial charge >= 0.3 is 6.92 Å². The van der Waals surface area contributed by atoms with Crippen LogP contribution >= 0.6 is 0 Å². The first-order valence-electron chi connectivity index (χ1n) is 5.36. The Morgan fingerprint density at radius 2 is 1.81 bits per heavy atom. The summed E-state index contributed by atoms with van der Waals surface area (Å²) in [5.74, 6) is -1.70. The first-order chi connectivity index (χ1) is 7.20. The number of benzene rings is 1. The van der Waals surface area contributed by atoms with Crippen molar-refractivity contribution in [2.75, 3.05) is 0 Å². The predicted molar refractivity (Wildman–Crippen MR) is 63.0 cm³/mol. The van der Waals surface area contributed by atoms with Crippen molar-refractivity contribution in [3.05, 3.63) is 29.3 Å². The fourth-order valence-electron chi connectivity index (χ4n) is 1.61. The van der Waals surface area contributed by atoms with Gasteiger partial charge in [-0.1, -0.05) is 33.7 Å². The quantitative estimate of drug-likeness (QED) is 0.767. The molecule has 0 bridgehead atoms. The van der Waals surface area contributed by atoms with Gasteiger partial charge in [0.05, 0.1) is 0 Å². The van der Waals surface area contributed by atoms with Crippen molar-refractivity contribution in [1.82, 2.24) is 0 Å². The molecule has 0 atom stereocenters. The molecule has 0 fully saturated rings. The molecule has 0 unspecified atom stereocenters. The summed E-state index contributed by atoms with van der Waals surface area (Å²) in [6, 6.07) is 2.58. The van der Waals surface area contributed by atoms with E-state index in [9.17, 15) is 13.8 Å². The van der Waals surface area contributed by atoms with Gasteiger partial charge in [0.25, 0.3) is 0 Å². The van der Waals surface area contributed by atoms with Crippen molar-refractivity contribution in [2.45, 2.75) is 34.0 Å². The fraction of sp³-hybridized carbons (Fsp3) is 0.500. The lowest BCUT2D eigenvalue weighted by atomic mass is 9.64. The van der Waals surface area contributed by atoms with Crippen LogP contribution in [-0.2, 0) is 6.42 Å². The number of rotatable bonds is 2. The average molecular weight is 226 g/mol. The van der Waals surface area contributed by atoms with Crippen LogP contribution in [0.1, 0.15) is 26.3 Å². The van der Waals surface area contributed by atoms with Crippen LogP contribution in [0.15, 0.2) is 12.1 Å². The Morgan fingerprint density at radius 1 is 1.25 bits per heavy atom. The Kier molecular flexibility index (Phi) is 3.74. The summed E-state index contributed by atoms with van der Waals surface area (Å²) >= 11 is 0. The zero-order valence-corrected chi connectivity index (χ0v) is 10.1. The zero-order chi connectivity index (χ0) is 12.5. The van der Waals surface area contributed by atoms with E-state index < -0.39 is 18.6 Å². The molecule has 0 aliphatic rings. The second-order valence-electron chi connectivity index (χ2n) is 5.39. The van der Waals surface area contributed by atoms with Gasteiger partial charge < -0.3 is 5.02 Å². The maximum absolute atomic E-state index is 13.5. The van der Waals surface area contributed by atoms with Crippen LogP contribution in [-0.4, -0.2) is 11.9 Å². The predicted octanol–water partition coefficient (Wildman–Crippen LogP) is 2.37. The van der Waals surface area contributed by atoms with Gasteiger partial charge in [0, 0.05) is 0 Å². The van der Waals surface area contributed by atoms with E-state index in [1.165, 1.54) is 12.9 Å². The first-order valence-corrected chi connectivity index (χ1v) is 5.36. The molecule has 1 aromatic carbocycles. The standard InChI is InChI=1S/C12H17BF2O/c1-12(2,3)7-8-5-9(13(4)16)6-10(14)11(8)15/h5-6,16H,7H2,1-4H3. The van der Waals surface area contributed by atoms with E-state index >= 15 is 0 Å². The molecular weight excluding hydrogens is 209 g/mol. The highest BCUT2D eigenvalue weighted by Gasteiger charge is 2.19. The van der Waals surface area contributed by atoms with Gasteiger partial charge in [-0.3, -0.25) is 0 Å². The maximum Gasteiger partial charge on any atom is 0.320 e. The second-order valence-corrected chi connectivity index (χ2v) is 5.39. The lowest BCUT2D eigenvalue weighted by Gasteiger charge is -2.19. The highest BCUT2D eigenvalue weighted by Crippen LogP contribution is 2.23. The zero-order valence-electron chi connectivity index (χ0n) is 10.1. The monoisotopic (exact) mass is 226 g/mol. The lowest BCUT2D eigenvalue weighted by molar-refractivity contribution is 0.395. The van der Waals surface area contributed by atoms with E-state index in [-0.39, 0.29) is 5.41 Å². The molecule has 0 aliphatic carbocycles. The Morgan fingerprint density at radius 3 is 2.25 bits per heavy atom. The average Bonchev–Trinajstić information content (AvgIpc) is 2.10. The Bertz CT molecular complexity index is 383. The van der Waals surface area contributed by atoms with Crippen molar-refractivity contribution >= 4 is 12.4 Å². The summed E-state index contributed by atoms with van der Waals surface area (Å²) in [6.07, 6.45) is 0.441. The summed E-state index contributed by atoms with van der Waals surface area (Å²) in [7, 11) is 0. The van der Waals surface area contributed by atoms with Crippen LogP contribution < -0.4 is 5.46 Å². The minimum Gasteiger partial charge on any atom is -0.446 e. The van der Waals surface area contributed by atoms with Gasteiger partial charge in [0.2, 0.25) is 0 Å². The van der Waals surface area contributed by atoms with Crippen LogP contribution in [0.3, 0.4) is 0 Å². The van der Waals surface area contributed by atoms with Crippen LogP contribution in [0.2, 0.25) is 6.82 Å². The molecule has 0 saturated heterocycles. The molecule has 16 heavy (non-hydrogen) atoms. The molecule has 4 heteroatoms. The summed E-state index contributed by atoms with van der Waals surface area (Å²) < 4.78 is 26.8. The van der Waals surface area contributed by atoms with Crippen molar-refractivity contribution in [3.8, 4) is 0 Å². The number of hydrogen-bond acceptors (Lipinski definition) is 1. The van der Waals surface area contributed by atoms with E-state index in [1.54, 1.807) is 0 Å². The summed E-state index contributed by atoms with van der Waals surface area (Å²) in [5, 5.41) is 9.37. The maximum atomic E-state index is 13.5. The molecule has 0 heterocycles. The summed E-state index contributed by atoms with van der Waals surface area (Å²) in [4.78, 5) is 0. The first kappa shape index (κ1) is 13.2. The molecule has 1 nitrogen and oxygen atoms in total. The lowest BCUT2D eigenvalue weighted by Crippen LogP contribution is -2.28. The molecule has 1 aromatic rings. The van der Waals surface area contributed by atoms with E-state index in [0.29, 0.717) is 17.4 Å². The van der Waals surface area contributed by atoms with Crippen molar-refractivity contribution < 1.29 is 13.8 Å². The highest BCUT2D eigenvalue weighted by molar-refractivity contribution is 6.64. The van der Waals surface area contributed by atoms with E-state index in [0.717, 1.165) is 6.07 Å². The van der Waals surface area contributed by atoms with Crippen LogP contribution in [0, 0.1) is 17.0 Å². The summed E-state index contributed by atoms with van der Waals surface area (Å²) in [6.45, 7) is 6.62. The Labute approximate surface area is 95.6 Å². The number of hydrogen-bond donors (Lipinski definition) is 1. The van der Waals surface area contributed by atoms with Gasteiger partial charge in [0.1, 0.15) is 0 Å². The molecule has 1 N–H and O–H groups in total. The third kappa shape index (κ3) is 3.30. The molecule has 1 rings (SSSR count). The largest absolute Gasteiger partial charge is 0.446 e. The molecule has 0 saturated carbocycles. The Hall–Kier alpha value is -0.895. The SMILES string of the molecule is CB(O)c1cc(F)c(F)c(CC(C)(C)C)c1. The van der Waals surface area contributed by atoms with Gasteiger partial charge in [-0.25, -0.2) is 8.78 Å². The molecule has 0 spiro atoms. The molecule has 0 radical (unpaired) electrons. The van der Waals surface area contributed by atoms with Gasteiger partial charge in [0.15, 0.2) is 11.6 Å². The second kappa shape index (κ2) is 4.54. The normalized spacial score (nSPS) is 11.7. The Balaban J connectivity index is 3.17. The smallest absolute Gasteiger partial charge is 0.320 e. The minimum atomic E-state index is -0.891. The fourth-order valence-corrected chi connectivity index (χ4v) is 1.61. The van der Waals surface area contributed by atoms with E-state index in [4.69, 9.17) is 0 Å². The van der Waals surface area contributed by atoms with Gasteiger partial charge in [-0.05, 0) is 28.9 Å². The van der Waals surface area contributed by atoms with Crippen LogP contribution in [0.4, 0.5) is 8.78 Å². The third-order valence-electron chi connectivity index (χ3n) is 2.33. The molecular formula is C12H17BF2O. The molecule has 0 amide bonds. The number of halogens is 2. The van der Waals surface area contributed by atoms with Gasteiger partial charge in [-0.2, -0.15) is 0 Å². The van der Waals surface area contributed by atoms with Crippen molar-refractivity contribution in [1.29, 1.82) is 0 Å². The van der Waals surface area contributed by atoms with Crippen molar-refractivity contribution in [2.24, 2.45) is 5.41 Å². The minimum absolute atomic E-state index is 0.120.